The lowest BCUT2D eigenvalue weighted by molar-refractivity contribution is -0.144. The van der Waals surface area contributed by atoms with Crippen LogP contribution in [0.5, 0.6) is 0 Å². The molecule has 1 rings (SSSR count). The van der Waals surface area contributed by atoms with E-state index in [1.54, 1.807) is 18.3 Å². The van der Waals surface area contributed by atoms with Gasteiger partial charge in [0, 0.05) is 11.4 Å². The van der Waals surface area contributed by atoms with Gasteiger partial charge in [-0.1, -0.05) is 25.4 Å². The van der Waals surface area contributed by atoms with Gasteiger partial charge in [0.05, 0.1) is 18.1 Å². The van der Waals surface area contributed by atoms with Crippen molar-refractivity contribution in [1.82, 2.24) is 4.98 Å². The normalized spacial score (nSPS) is 14.2. The first kappa shape index (κ1) is 13.3. The SMILES string of the molecule is COC(=O)C(C)C(C)Sc1ncccc1Cl. The molecule has 0 saturated heterocycles. The Hall–Kier alpha value is -0.740. The molecule has 3 nitrogen and oxygen atoms in total. The van der Waals surface area contributed by atoms with Crippen molar-refractivity contribution in [3.8, 4) is 0 Å². The molecule has 0 spiro atoms. The highest BCUT2D eigenvalue weighted by Gasteiger charge is 2.22. The van der Waals surface area contributed by atoms with E-state index in [1.165, 1.54) is 18.9 Å². The Morgan fingerprint density at radius 3 is 2.81 bits per heavy atom. The second-order valence-corrected chi connectivity index (χ2v) is 5.20. The van der Waals surface area contributed by atoms with Crippen LogP contribution in [0.25, 0.3) is 0 Å². The number of hydrogen-bond acceptors (Lipinski definition) is 4. The molecule has 2 unspecified atom stereocenters. The number of aromatic nitrogens is 1. The fourth-order valence-corrected chi connectivity index (χ4v) is 2.34. The summed E-state index contributed by atoms with van der Waals surface area (Å²) >= 11 is 7.47. The lowest BCUT2D eigenvalue weighted by Gasteiger charge is -2.16. The van der Waals surface area contributed by atoms with Crippen molar-refractivity contribution in [2.75, 3.05) is 7.11 Å². The van der Waals surface area contributed by atoms with Gasteiger partial charge in [-0.3, -0.25) is 4.79 Å². The average molecular weight is 260 g/mol. The Labute approximate surface area is 105 Å². The number of nitrogens with zero attached hydrogens (tertiary/aromatic N) is 1. The molecule has 0 bridgehead atoms. The second kappa shape index (κ2) is 6.11. The number of thioether (sulfide) groups is 1. The summed E-state index contributed by atoms with van der Waals surface area (Å²) in [6.07, 6.45) is 1.68. The van der Waals surface area contributed by atoms with Gasteiger partial charge in [-0.25, -0.2) is 4.98 Å². The number of rotatable bonds is 4. The molecule has 0 aliphatic carbocycles. The number of pyridine rings is 1. The van der Waals surface area contributed by atoms with E-state index in [0.717, 1.165) is 5.03 Å². The predicted octanol–water partition coefficient (Wildman–Crippen LogP) is 3.02. The van der Waals surface area contributed by atoms with Gasteiger partial charge < -0.3 is 4.74 Å². The standard InChI is InChI=1S/C11H14ClNO2S/c1-7(11(14)15-3)8(2)16-10-9(12)5-4-6-13-10/h4-8H,1-3H3. The van der Waals surface area contributed by atoms with Crippen LogP contribution in [0.2, 0.25) is 5.02 Å². The molecular weight excluding hydrogens is 246 g/mol. The largest absolute Gasteiger partial charge is 0.469 e. The summed E-state index contributed by atoms with van der Waals surface area (Å²) in [5.74, 6) is -0.403. The second-order valence-electron chi connectivity index (χ2n) is 3.43. The summed E-state index contributed by atoms with van der Waals surface area (Å²) in [5, 5.41) is 1.42. The Bertz CT molecular complexity index is 373. The number of carbonyl (C=O) groups excluding carboxylic acids is 1. The quantitative estimate of drug-likeness (QED) is 0.616. The van der Waals surface area contributed by atoms with Gasteiger partial charge in [-0.15, -0.1) is 11.8 Å². The molecule has 0 amide bonds. The Morgan fingerprint density at radius 1 is 1.56 bits per heavy atom. The lowest BCUT2D eigenvalue weighted by atomic mass is 10.1. The van der Waals surface area contributed by atoms with Gasteiger partial charge in [0.1, 0.15) is 5.03 Å². The van der Waals surface area contributed by atoms with Crippen LogP contribution in [0.1, 0.15) is 13.8 Å². The molecule has 1 heterocycles. The number of ether oxygens (including phenoxy) is 1. The monoisotopic (exact) mass is 259 g/mol. The van der Waals surface area contributed by atoms with E-state index in [9.17, 15) is 4.79 Å². The molecule has 0 N–H and O–H groups in total. The molecule has 2 atom stereocenters. The first-order valence-corrected chi connectivity index (χ1v) is 6.17. The number of carbonyl (C=O) groups is 1. The lowest BCUT2D eigenvalue weighted by Crippen LogP contribution is -2.22. The van der Waals surface area contributed by atoms with Gasteiger partial charge in [-0.05, 0) is 12.1 Å². The van der Waals surface area contributed by atoms with E-state index < -0.39 is 0 Å². The zero-order valence-electron chi connectivity index (χ0n) is 9.44. The van der Waals surface area contributed by atoms with Crippen molar-refractivity contribution in [2.45, 2.75) is 24.1 Å². The third kappa shape index (κ3) is 3.39. The Morgan fingerprint density at radius 2 is 2.25 bits per heavy atom. The number of esters is 1. The van der Waals surface area contributed by atoms with Crippen molar-refractivity contribution in [3.63, 3.8) is 0 Å². The molecule has 5 heteroatoms. The van der Waals surface area contributed by atoms with Gasteiger partial charge in [0.25, 0.3) is 0 Å². The molecule has 0 fully saturated rings. The van der Waals surface area contributed by atoms with Crippen molar-refractivity contribution >= 4 is 29.3 Å². The van der Waals surface area contributed by atoms with E-state index in [1.807, 2.05) is 13.8 Å². The molecule has 1 aromatic heterocycles. The van der Waals surface area contributed by atoms with Crippen LogP contribution in [0.15, 0.2) is 23.4 Å². The molecule has 88 valence electrons. The molecule has 0 aliphatic heterocycles. The third-order valence-electron chi connectivity index (χ3n) is 2.30. The van der Waals surface area contributed by atoms with E-state index >= 15 is 0 Å². The molecule has 0 saturated carbocycles. The topological polar surface area (TPSA) is 39.2 Å². The Balaban J connectivity index is 2.68. The van der Waals surface area contributed by atoms with Gasteiger partial charge in [0.2, 0.25) is 0 Å². The van der Waals surface area contributed by atoms with Gasteiger partial charge >= 0.3 is 5.97 Å². The highest BCUT2D eigenvalue weighted by molar-refractivity contribution is 8.00. The van der Waals surface area contributed by atoms with Crippen LogP contribution in [-0.2, 0) is 9.53 Å². The first-order valence-electron chi connectivity index (χ1n) is 4.91. The van der Waals surface area contributed by atoms with Crippen LogP contribution in [0.4, 0.5) is 0 Å². The maximum atomic E-state index is 11.3. The zero-order chi connectivity index (χ0) is 12.1. The van der Waals surface area contributed by atoms with Crippen LogP contribution in [0, 0.1) is 5.92 Å². The summed E-state index contributed by atoms with van der Waals surface area (Å²) in [7, 11) is 1.39. The summed E-state index contributed by atoms with van der Waals surface area (Å²) in [6, 6.07) is 3.56. The van der Waals surface area contributed by atoms with Crippen LogP contribution >= 0.6 is 23.4 Å². The van der Waals surface area contributed by atoms with E-state index in [2.05, 4.69) is 4.98 Å². The zero-order valence-corrected chi connectivity index (χ0v) is 11.0. The van der Waals surface area contributed by atoms with Crippen molar-refractivity contribution in [1.29, 1.82) is 0 Å². The molecule has 16 heavy (non-hydrogen) atoms. The maximum Gasteiger partial charge on any atom is 0.309 e. The molecule has 0 aliphatic rings. The highest BCUT2D eigenvalue weighted by atomic mass is 35.5. The fourth-order valence-electron chi connectivity index (χ4n) is 1.11. The van der Waals surface area contributed by atoms with Crippen LogP contribution in [-0.4, -0.2) is 23.3 Å². The smallest absolute Gasteiger partial charge is 0.309 e. The van der Waals surface area contributed by atoms with Gasteiger partial charge in [-0.2, -0.15) is 0 Å². The summed E-state index contributed by atoms with van der Waals surface area (Å²) in [5.41, 5.74) is 0. The molecular formula is C11H14ClNO2S. The van der Waals surface area contributed by atoms with E-state index in [-0.39, 0.29) is 17.1 Å². The predicted molar refractivity (Wildman–Crippen MR) is 65.7 cm³/mol. The summed E-state index contributed by atoms with van der Waals surface area (Å²) < 4.78 is 4.70. The van der Waals surface area contributed by atoms with Crippen molar-refractivity contribution in [3.05, 3.63) is 23.4 Å². The average Bonchev–Trinajstić information content (AvgIpc) is 2.30. The molecule has 0 aromatic carbocycles. The van der Waals surface area contributed by atoms with Crippen LogP contribution < -0.4 is 0 Å². The third-order valence-corrected chi connectivity index (χ3v) is 4.04. The fraction of sp³-hybridized carbons (Fsp3) is 0.455. The Kier molecular flexibility index (Phi) is 5.09. The van der Waals surface area contributed by atoms with Crippen molar-refractivity contribution < 1.29 is 9.53 Å². The van der Waals surface area contributed by atoms with Crippen LogP contribution in [0.3, 0.4) is 0 Å². The molecule has 0 radical (unpaired) electrons. The minimum absolute atomic E-state index is 0.0693. The summed E-state index contributed by atoms with van der Waals surface area (Å²) in [6.45, 7) is 3.79. The first-order chi connectivity index (χ1) is 7.56. The van der Waals surface area contributed by atoms with E-state index in [4.69, 9.17) is 16.3 Å². The summed E-state index contributed by atoms with van der Waals surface area (Å²) in [4.78, 5) is 15.5. The van der Waals surface area contributed by atoms with E-state index in [0.29, 0.717) is 5.02 Å². The van der Waals surface area contributed by atoms with Gasteiger partial charge in [0.15, 0.2) is 0 Å². The molecule has 1 aromatic rings. The highest BCUT2D eigenvalue weighted by Crippen LogP contribution is 2.31. The maximum absolute atomic E-state index is 11.3. The number of halogens is 1. The van der Waals surface area contributed by atoms with Crippen molar-refractivity contribution in [2.24, 2.45) is 5.92 Å². The number of hydrogen-bond donors (Lipinski definition) is 0. The number of methoxy groups -OCH3 is 1. The minimum atomic E-state index is -0.216. The minimum Gasteiger partial charge on any atom is -0.469 e.